The SMILES string of the molecule is O=C(O)[C@H]1[C@H]2C(=O)N([C@@H](c3ccc(Br)cc3)c3nnnn3C(c3ccccc3)c3ccccc3)C[C@@]23C=C[C@H]1O3. The Morgan fingerprint density at radius 1 is 0.950 bits per heavy atom. The summed E-state index contributed by atoms with van der Waals surface area (Å²) >= 11 is 3.51. The molecule has 3 aliphatic heterocycles. The lowest BCUT2D eigenvalue weighted by Gasteiger charge is -2.31. The number of carbonyl (C=O) groups is 2. The van der Waals surface area contributed by atoms with Crippen LogP contribution in [0.25, 0.3) is 0 Å². The number of benzene rings is 3. The molecule has 1 N–H and O–H groups in total. The molecule has 4 aromatic rings. The van der Waals surface area contributed by atoms with E-state index in [9.17, 15) is 14.7 Å². The van der Waals surface area contributed by atoms with Crippen LogP contribution in [0.3, 0.4) is 0 Å². The molecule has 1 aromatic heterocycles. The van der Waals surface area contributed by atoms with Gasteiger partial charge in [-0.3, -0.25) is 9.59 Å². The molecule has 200 valence electrons. The molecule has 0 radical (unpaired) electrons. The fourth-order valence-electron chi connectivity index (χ4n) is 6.45. The van der Waals surface area contributed by atoms with E-state index < -0.39 is 35.6 Å². The van der Waals surface area contributed by atoms with Gasteiger partial charge in [-0.15, -0.1) is 5.10 Å². The van der Waals surface area contributed by atoms with Crippen LogP contribution < -0.4 is 0 Å². The van der Waals surface area contributed by atoms with Crippen LogP contribution in [0.1, 0.15) is 34.6 Å². The van der Waals surface area contributed by atoms with Crippen molar-refractivity contribution >= 4 is 27.8 Å². The van der Waals surface area contributed by atoms with Crippen LogP contribution in [0, 0.1) is 11.8 Å². The van der Waals surface area contributed by atoms with Gasteiger partial charge in [0.25, 0.3) is 0 Å². The van der Waals surface area contributed by atoms with Gasteiger partial charge in [0.1, 0.15) is 23.6 Å². The molecule has 40 heavy (non-hydrogen) atoms. The van der Waals surface area contributed by atoms with Gasteiger partial charge in [-0.2, -0.15) is 0 Å². The second-order valence-electron chi connectivity index (χ2n) is 10.4. The van der Waals surface area contributed by atoms with Gasteiger partial charge in [-0.05, 0) is 39.2 Å². The number of tetrazole rings is 1. The van der Waals surface area contributed by atoms with Gasteiger partial charge in [-0.1, -0.05) is 101 Å². The van der Waals surface area contributed by atoms with Crippen molar-refractivity contribution in [3.05, 3.63) is 124 Å². The average Bonchev–Trinajstić information content (AvgIpc) is 3.74. The summed E-state index contributed by atoms with van der Waals surface area (Å²) < 4.78 is 8.83. The molecule has 1 amide bonds. The van der Waals surface area contributed by atoms with E-state index in [1.54, 1.807) is 15.7 Å². The first-order valence-electron chi connectivity index (χ1n) is 13.0. The minimum Gasteiger partial charge on any atom is -0.481 e. The van der Waals surface area contributed by atoms with Gasteiger partial charge in [0.15, 0.2) is 5.82 Å². The van der Waals surface area contributed by atoms with E-state index in [0.29, 0.717) is 5.82 Å². The summed E-state index contributed by atoms with van der Waals surface area (Å²) in [6.07, 6.45) is 3.02. The lowest BCUT2D eigenvalue weighted by molar-refractivity contribution is -0.148. The zero-order valence-corrected chi connectivity index (χ0v) is 22.7. The summed E-state index contributed by atoms with van der Waals surface area (Å²) in [5.74, 6) is -2.60. The Morgan fingerprint density at radius 2 is 1.57 bits per heavy atom. The maximum Gasteiger partial charge on any atom is 0.310 e. The molecule has 2 bridgehead atoms. The van der Waals surface area contributed by atoms with E-state index in [1.807, 2.05) is 91.0 Å². The molecule has 0 unspecified atom stereocenters. The topological polar surface area (TPSA) is 110 Å². The molecule has 5 atom stereocenters. The number of amides is 1. The molecule has 2 saturated heterocycles. The molecule has 10 heteroatoms. The van der Waals surface area contributed by atoms with E-state index in [2.05, 4.69) is 31.5 Å². The molecular weight excluding hydrogens is 574 g/mol. The average molecular weight is 598 g/mol. The summed E-state index contributed by atoms with van der Waals surface area (Å²) in [5, 5.41) is 23.0. The number of ether oxygens (including phenoxy) is 1. The number of carbonyl (C=O) groups excluding carboxylic acids is 1. The Bertz CT molecular complexity index is 1570. The highest BCUT2D eigenvalue weighted by molar-refractivity contribution is 9.10. The largest absolute Gasteiger partial charge is 0.481 e. The molecule has 4 heterocycles. The maximum atomic E-state index is 14.1. The number of hydrogen-bond donors (Lipinski definition) is 1. The molecule has 0 saturated carbocycles. The molecule has 3 aromatic carbocycles. The molecule has 1 spiro atoms. The van der Waals surface area contributed by atoms with Crippen molar-refractivity contribution in [1.82, 2.24) is 25.1 Å². The van der Waals surface area contributed by atoms with Crippen LogP contribution in [0.4, 0.5) is 0 Å². The second-order valence-corrected chi connectivity index (χ2v) is 11.3. The molecule has 0 aliphatic carbocycles. The monoisotopic (exact) mass is 597 g/mol. The standard InChI is InChI=1S/C30H24BrN5O4/c31-21-13-11-20(12-14-21)26(35-17-30-16-15-22(40-30)23(29(38)39)24(30)28(35)37)27-32-33-34-36(27)25(18-7-3-1-4-8-18)19-9-5-2-6-10-19/h1-16,22-26H,17H2,(H,38,39)/t22-,23-,24+,26+,30+/m1/s1. The third-order valence-corrected chi connectivity index (χ3v) is 8.68. The quantitative estimate of drug-likeness (QED) is 0.320. The van der Waals surface area contributed by atoms with Crippen molar-refractivity contribution in [2.24, 2.45) is 11.8 Å². The zero-order valence-electron chi connectivity index (χ0n) is 21.1. The Morgan fingerprint density at radius 3 is 2.20 bits per heavy atom. The van der Waals surface area contributed by atoms with Crippen molar-refractivity contribution < 1.29 is 19.4 Å². The number of rotatable bonds is 7. The van der Waals surface area contributed by atoms with Crippen molar-refractivity contribution in [1.29, 1.82) is 0 Å². The molecule has 2 fully saturated rings. The molecule has 3 aliphatic rings. The van der Waals surface area contributed by atoms with Gasteiger partial charge in [0.2, 0.25) is 5.91 Å². The van der Waals surface area contributed by atoms with Crippen LogP contribution in [-0.2, 0) is 14.3 Å². The van der Waals surface area contributed by atoms with Gasteiger partial charge < -0.3 is 14.7 Å². The van der Waals surface area contributed by atoms with Crippen LogP contribution in [-0.4, -0.2) is 60.3 Å². The predicted molar refractivity (Wildman–Crippen MR) is 147 cm³/mol. The van der Waals surface area contributed by atoms with Gasteiger partial charge in [-0.25, -0.2) is 4.68 Å². The van der Waals surface area contributed by atoms with Crippen LogP contribution >= 0.6 is 15.9 Å². The first kappa shape index (κ1) is 24.9. The van der Waals surface area contributed by atoms with Gasteiger partial charge in [0.05, 0.1) is 18.6 Å². The number of fused-ring (bicyclic) bond motifs is 1. The third-order valence-electron chi connectivity index (χ3n) is 8.15. The first-order chi connectivity index (χ1) is 19.5. The van der Waals surface area contributed by atoms with E-state index in [0.717, 1.165) is 21.2 Å². The van der Waals surface area contributed by atoms with Gasteiger partial charge >= 0.3 is 5.97 Å². The summed E-state index contributed by atoms with van der Waals surface area (Å²) in [7, 11) is 0. The van der Waals surface area contributed by atoms with Crippen LogP contribution in [0.5, 0.6) is 0 Å². The number of halogens is 1. The second kappa shape index (κ2) is 9.50. The summed E-state index contributed by atoms with van der Waals surface area (Å²) in [6.45, 7) is 0.197. The van der Waals surface area contributed by atoms with Crippen LogP contribution in [0.2, 0.25) is 0 Å². The van der Waals surface area contributed by atoms with Crippen LogP contribution in [0.15, 0.2) is 102 Å². The Hall–Kier alpha value is -4.15. The summed E-state index contributed by atoms with van der Waals surface area (Å²) in [4.78, 5) is 28.1. The lowest BCUT2D eigenvalue weighted by atomic mass is 9.77. The van der Waals surface area contributed by atoms with E-state index in [4.69, 9.17) is 4.74 Å². The highest BCUT2D eigenvalue weighted by Gasteiger charge is 2.68. The number of aromatic nitrogens is 4. The number of carboxylic acid groups (broad SMARTS) is 1. The van der Waals surface area contributed by atoms with E-state index >= 15 is 0 Å². The Kier molecular flexibility index (Phi) is 5.90. The Balaban J connectivity index is 1.38. The highest BCUT2D eigenvalue weighted by Crippen LogP contribution is 2.54. The number of hydrogen-bond acceptors (Lipinski definition) is 6. The van der Waals surface area contributed by atoms with Crippen molar-refractivity contribution in [3.63, 3.8) is 0 Å². The lowest BCUT2D eigenvalue weighted by Crippen LogP contribution is -2.40. The number of carboxylic acids is 1. The Labute approximate surface area is 238 Å². The van der Waals surface area contributed by atoms with E-state index in [1.165, 1.54) is 0 Å². The van der Waals surface area contributed by atoms with Crippen molar-refractivity contribution in [3.8, 4) is 0 Å². The predicted octanol–water partition coefficient (Wildman–Crippen LogP) is 4.03. The summed E-state index contributed by atoms with van der Waals surface area (Å²) in [6, 6.07) is 26.5. The van der Waals surface area contributed by atoms with E-state index in [-0.39, 0.29) is 18.5 Å². The first-order valence-corrected chi connectivity index (χ1v) is 13.8. The fraction of sp³-hybridized carbons (Fsp3) is 0.233. The number of nitrogens with zero attached hydrogens (tertiary/aromatic N) is 5. The number of likely N-dealkylation sites (tertiary alicyclic amines) is 1. The van der Waals surface area contributed by atoms with Gasteiger partial charge in [0, 0.05) is 4.47 Å². The highest BCUT2D eigenvalue weighted by atomic mass is 79.9. The molecule has 7 rings (SSSR count). The minimum atomic E-state index is -1.03. The maximum absolute atomic E-state index is 14.1. The van der Waals surface area contributed by atoms with Crippen molar-refractivity contribution in [2.75, 3.05) is 6.54 Å². The zero-order chi connectivity index (χ0) is 27.4. The normalized spacial score (nSPS) is 25.5. The third kappa shape index (κ3) is 3.82. The molecular formula is C30H24BrN5O4. The minimum absolute atomic E-state index is 0.197. The van der Waals surface area contributed by atoms with Crippen molar-refractivity contribution in [2.45, 2.75) is 23.8 Å². The number of aliphatic carboxylic acids is 1. The fourth-order valence-corrected chi connectivity index (χ4v) is 6.72. The molecule has 9 nitrogen and oxygen atoms in total. The smallest absolute Gasteiger partial charge is 0.310 e. The summed E-state index contributed by atoms with van der Waals surface area (Å²) in [5.41, 5.74) is 1.77.